The minimum Gasteiger partial charge on any atom is -0.311 e. The van der Waals surface area contributed by atoms with Crippen LogP contribution in [0.15, 0.2) is 0 Å². The number of nitrogens with one attached hydrogen (secondary N) is 1. The van der Waals surface area contributed by atoms with E-state index in [1.54, 1.807) is 0 Å². The number of hydrogen-bond donors (Lipinski definition) is 1. The summed E-state index contributed by atoms with van der Waals surface area (Å²) in [6.45, 7) is 7.33. The summed E-state index contributed by atoms with van der Waals surface area (Å²) < 4.78 is 0. The Morgan fingerprint density at radius 2 is 1.41 bits per heavy atom. The third-order valence-corrected chi connectivity index (χ3v) is 5.36. The molecule has 0 aromatic rings. The minimum absolute atomic E-state index is 0.739. The summed E-state index contributed by atoms with van der Waals surface area (Å²) in [6.07, 6.45) is 11.6. The Bertz CT molecular complexity index is 210. The van der Waals surface area contributed by atoms with Crippen LogP contribution in [0, 0.1) is 17.8 Å². The van der Waals surface area contributed by atoms with Gasteiger partial charge in [0.2, 0.25) is 0 Å². The molecule has 2 unspecified atom stereocenters. The predicted octanol–water partition coefficient (Wildman–Crippen LogP) is 4.37. The first-order chi connectivity index (χ1) is 8.18. The molecular formula is C16H31N. The normalized spacial score (nSPS) is 37.9. The van der Waals surface area contributed by atoms with Crippen LogP contribution < -0.4 is 5.32 Å². The lowest BCUT2D eigenvalue weighted by Gasteiger charge is -2.40. The molecule has 0 radical (unpaired) electrons. The average molecular weight is 237 g/mol. The van der Waals surface area contributed by atoms with Gasteiger partial charge in [-0.2, -0.15) is 0 Å². The van der Waals surface area contributed by atoms with E-state index in [2.05, 4.69) is 26.1 Å². The Hall–Kier alpha value is -0.0400. The summed E-state index contributed by atoms with van der Waals surface area (Å²) in [5, 5.41) is 3.99. The second kappa shape index (κ2) is 6.22. The van der Waals surface area contributed by atoms with Gasteiger partial charge in [0, 0.05) is 12.1 Å². The maximum atomic E-state index is 3.99. The molecule has 2 aliphatic rings. The van der Waals surface area contributed by atoms with E-state index in [0.717, 1.165) is 29.8 Å². The van der Waals surface area contributed by atoms with Gasteiger partial charge >= 0.3 is 0 Å². The summed E-state index contributed by atoms with van der Waals surface area (Å²) in [7, 11) is 0. The minimum atomic E-state index is 0.739. The first kappa shape index (κ1) is 13.4. The molecule has 0 bridgehead atoms. The second-order valence-electron chi connectivity index (χ2n) is 6.76. The largest absolute Gasteiger partial charge is 0.311 e. The topological polar surface area (TPSA) is 12.0 Å². The molecule has 0 spiro atoms. The van der Waals surface area contributed by atoms with Crippen LogP contribution in [-0.2, 0) is 0 Å². The smallest absolute Gasteiger partial charge is 0.0121 e. The van der Waals surface area contributed by atoms with Crippen LogP contribution in [0.3, 0.4) is 0 Å². The van der Waals surface area contributed by atoms with Crippen LogP contribution in [0.5, 0.6) is 0 Å². The molecule has 3 atom stereocenters. The third-order valence-electron chi connectivity index (χ3n) is 5.36. The van der Waals surface area contributed by atoms with E-state index in [1.807, 2.05) is 0 Å². The van der Waals surface area contributed by atoms with Crippen molar-refractivity contribution < 1.29 is 0 Å². The quantitative estimate of drug-likeness (QED) is 0.768. The fourth-order valence-electron chi connectivity index (χ4n) is 4.08. The van der Waals surface area contributed by atoms with Crippen molar-refractivity contribution >= 4 is 0 Å². The molecular weight excluding hydrogens is 206 g/mol. The van der Waals surface area contributed by atoms with Gasteiger partial charge in [-0.15, -0.1) is 0 Å². The molecule has 0 aromatic carbocycles. The zero-order valence-corrected chi connectivity index (χ0v) is 12.0. The van der Waals surface area contributed by atoms with Gasteiger partial charge in [-0.3, -0.25) is 0 Å². The van der Waals surface area contributed by atoms with Crippen LogP contribution in [0.1, 0.15) is 72.1 Å². The maximum Gasteiger partial charge on any atom is 0.0121 e. The van der Waals surface area contributed by atoms with Gasteiger partial charge in [0.25, 0.3) is 0 Å². The van der Waals surface area contributed by atoms with Gasteiger partial charge < -0.3 is 5.32 Å². The fraction of sp³-hybridized carbons (Fsp3) is 1.00. The second-order valence-corrected chi connectivity index (χ2v) is 6.76. The molecule has 2 saturated carbocycles. The molecule has 0 aromatic heterocycles. The van der Waals surface area contributed by atoms with E-state index in [4.69, 9.17) is 0 Å². The molecule has 2 aliphatic carbocycles. The Morgan fingerprint density at radius 3 is 2.00 bits per heavy atom. The summed E-state index contributed by atoms with van der Waals surface area (Å²) in [4.78, 5) is 0. The van der Waals surface area contributed by atoms with Gasteiger partial charge in [-0.1, -0.05) is 39.5 Å². The van der Waals surface area contributed by atoms with Crippen LogP contribution in [0.25, 0.3) is 0 Å². The Labute approximate surface area is 108 Å². The fourth-order valence-corrected chi connectivity index (χ4v) is 4.08. The van der Waals surface area contributed by atoms with Crippen molar-refractivity contribution in [2.24, 2.45) is 17.8 Å². The molecule has 1 heteroatoms. The first-order valence-corrected chi connectivity index (χ1v) is 7.94. The highest BCUT2D eigenvalue weighted by molar-refractivity contribution is 4.87. The monoisotopic (exact) mass is 237 g/mol. The van der Waals surface area contributed by atoms with Gasteiger partial charge in [-0.25, -0.2) is 0 Å². The van der Waals surface area contributed by atoms with Gasteiger partial charge in [0.15, 0.2) is 0 Å². The van der Waals surface area contributed by atoms with Crippen molar-refractivity contribution in [2.45, 2.75) is 84.2 Å². The van der Waals surface area contributed by atoms with E-state index in [0.29, 0.717) is 0 Å². The molecule has 0 aliphatic heterocycles. The standard InChI is InChI=1S/C16H31N/c1-12-8-7-9-13(2)16(12)17-14(3)15-10-5-4-6-11-15/h12-17H,4-11H2,1-3H3/t12?,13?,14-,16?/m1/s1. The molecule has 0 heterocycles. The van der Waals surface area contributed by atoms with Crippen LogP contribution in [-0.4, -0.2) is 12.1 Å². The molecule has 2 fully saturated rings. The van der Waals surface area contributed by atoms with Crippen molar-refractivity contribution in [3.05, 3.63) is 0 Å². The van der Waals surface area contributed by atoms with E-state index < -0.39 is 0 Å². The molecule has 0 saturated heterocycles. The lowest BCUT2D eigenvalue weighted by molar-refractivity contribution is 0.166. The first-order valence-electron chi connectivity index (χ1n) is 7.94. The highest BCUT2D eigenvalue weighted by Crippen LogP contribution is 2.31. The zero-order chi connectivity index (χ0) is 12.3. The van der Waals surface area contributed by atoms with E-state index in [-0.39, 0.29) is 0 Å². The third kappa shape index (κ3) is 3.47. The average Bonchev–Trinajstić information content (AvgIpc) is 2.35. The molecule has 1 N–H and O–H groups in total. The molecule has 100 valence electrons. The van der Waals surface area contributed by atoms with E-state index in [1.165, 1.54) is 51.4 Å². The van der Waals surface area contributed by atoms with Gasteiger partial charge in [0.05, 0.1) is 0 Å². The summed E-state index contributed by atoms with van der Waals surface area (Å²) in [5.74, 6) is 2.71. The highest BCUT2D eigenvalue weighted by atomic mass is 15.0. The summed E-state index contributed by atoms with van der Waals surface area (Å²) in [5.41, 5.74) is 0. The molecule has 0 amide bonds. The van der Waals surface area contributed by atoms with E-state index >= 15 is 0 Å². The number of rotatable bonds is 3. The lowest BCUT2D eigenvalue weighted by Crippen LogP contribution is -2.49. The van der Waals surface area contributed by atoms with Crippen LogP contribution in [0.2, 0.25) is 0 Å². The Balaban J connectivity index is 1.85. The Kier molecular flexibility index (Phi) is 4.90. The SMILES string of the molecule is CC1CCCC(C)C1N[C@H](C)C1CCCCC1. The van der Waals surface area contributed by atoms with Gasteiger partial charge in [-0.05, 0) is 50.4 Å². The van der Waals surface area contributed by atoms with Crippen LogP contribution >= 0.6 is 0 Å². The molecule has 2 rings (SSSR count). The van der Waals surface area contributed by atoms with Crippen molar-refractivity contribution in [3.63, 3.8) is 0 Å². The predicted molar refractivity (Wildman–Crippen MR) is 75.1 cm³/mol. The van der Waals surface area contributed by atoms with Crippen LogP contribution in [0.4, 0.5) is 0 Å². The van der Waals surface area contributed by atoms with Gasteiger partial charge in [0.1, 0.15) is 0 Å². The summed E-state index contributed by atoms with van der Waals surface area (Å²) in [6, 6.07) is 1.52. The maximum absolute atomic E-state index is 3.99. The Morgan fingerprint density at radius 1 is 0.824 bits per heavy atom. The van der Waals surface area contributed by atoms with Crippen molar-refractivity contribution in [3.8, 4) is 0 Å². The van der Waals surface area contributed by atoms with Crippen molar-refractivity contribution in [1.82, 2.24) is 5.32 Å². The highest BCUT2D eigenvalue weighted by Gasteiger charge is 2.30. The zero-order valence-electron chi connectivity index (χ0n) is 12.0. The lowest BCUT2D eigenvalue weighted by atomic mass is 9.77. The van der Waals surface area contributed by atoms with Crippen molar-refractivity contribution in [2.75, 3.05) is 0 Å². The number of hydrogen-bond acceptors (Lipinski definition) is 1. The van der Waals surface area contributed by atoms with E-state index in [9.17, 15) is 0 Å². The summed E-state index contributed by atoms with van der Waals surface area (Å²) >= 11 is 0. The van der Waals surface area contributed by atoms with Crippen molar-refractivity contribution in [1.29, 1.82) is 0 Å². The molecule has 17 heavy (non-hydrogen) atoms. The molecule has 1 nitrogen and oxygen atoms in total.